The van der Waals surface area contributed by atoms with Crippen molar-refractivity contribution in [2.75, 3.05) is 5.73 Å². The van der Waals surface area contributed by atoms with Crippen molar-refractivity contribution in [3.05, 3.63) is 51.2 Å². The van der Waals surface area contributed by atoms with E-state index in [1.165, 1.54) is 0 Å². The fourth-order valence-corrected chi connectivity index (χ4v) is 2.48. The molecule has 3 nitrogen and oxygen atoms in total. The second kappa shape index (κ2) is 4.84. The van der Waals surface area contributed by atoms with Gasteiger partial charge in [0.2, 0.25) is 0 Å². The lowest BCUT2D eigenvalue weighted by Gasteiger charge is -2.17. The fraction of sp³-hybridized carbons (Fsp3) is 0.0909. The summed E-state index contributed by atoms with van der Waals surface area (Å²) in [7, 11) is 0. The summed E-state index contributed by atoms with van der Waals surface area (Å²) in [6.07, 6.45) is 0. The van der Waals surface area contributed by atoms with Crippen molar-refractivity contribution in [2.45, 2.75) is 6.04 Å². The van der Waals surface area contributed by atoms with E-state index in [4.69, 9.17) is 23.2 Å². The Bertz CT molecular complexity index is 470. The number of hydrogen-bond donors (Lipinski definition) is 3. The standard InChI is InChI=1S/C11H12ClN3S/c12-8-1-2-9(10(13)5-8)11(15-14)7-3-4-16-6-7/h1-6,11,15H,13-14H2. The molecule has 1 atom stereocenters. The summed E-state index contributed by atoms with van der Waals surface area (Å²) >= 11 is 7.48. The van der Waals surface area contributed by atoms with Gasteiger partial charge in [0, 0.05) is 10.7 Å². The zero-order valence-electron chi connectivity index (χ0n) is 8.48. The molecule has 16 heavy (non-hydrogen) atoms. The molecule has 0 aliphatic rings. The molecule has 2 aromatic rings. The molecule has 1 aromatic carbocycles. The molecule has 5 N–H and O–H groups in total. The molecule has 0 amide bonds. The Kier molecular flexibility index (Phi) is 3.46. The van der Waals surface area contributed by atoms with Crippen LogP contribution in [0, 0.1) is 0 Å². The number of halogens is 1. The van der Waals surface area contributed by atoms with Crippen LogP contribution in [-0.2, 0) is 0 Å². The predicted molar refractivity (Wildman–Crippen MR) is 69.3 cm³/mol. The van der Waals surface area contributed by atoms with E-state index in [0.29, 0.717) is 10.7 Å². The number of nitrogens with one attached hydrogen (secondary N) is 1. The highest BCUT2D eigenvalue weighted by Crippen LogP contribution is 2.29. The molecule has 1 heterocycles. The Balaban J connectivity index is 2.41. The summed E-state index contributed by atoms with van der Waals surface area (Å²) in [4.78, 5) is 0. The summed E-state index contributed by atoms with van der Waals surface area (Å²) in [5.74, 6) is 5.57. The molecule has 0 aliphatic carbocycles. The van der Waals surface area contributed by atoms with Gasteiger partial charge in [-0.15, -0.1) is 0 Å². The number of nitrogen functional groups attached to an aromatic ring is 1. The van der Waals surface area contributed by atoms with Crippen molar-refractivity contribution in [3.63, 3.8) is 0 Å². The largest absolute Gasteiger partial charge is 0.398 e. The van der Waals surface area contributed by atoms with E-state index >= 15 is 0 Å². The van der Waals surface area contributed by atoms with Gasteiger partial charge in [0.05, 0.1) is 6.04 Å². The first-order chi connectivity index (χ1) is 7.72. The van der Waals surface area contributed by atoms with Gasteiger partial charge < -0.3 is 5.73 Å². The maximum atomic E-state index is 5.93. The molecule has 0 spiro atoms. The summed E-state index contributed by atoms with van der Waals surface area (Å²) in [5.41, 5.74) is 11.4. The van der Waals surface area contributed by atoms with Crippen LogP contribution in [0.15, 0.2) is 35.0 Å². The van der Waals surface area contributed by atoms with Crippen LogP contribution in [0.25, 0.3) is 0 Å². The first kappa shape index (κ1) is 11.4. The molecule has 84 valence electrons. The first-order valence-corrected chi connectivity index (χ1v) is 6.07. The molecule has 5 heteroatoms. The molecule has 0 saturated heterocycles. The normalized spacial score (nSPS) is 12.6. The molecule has 0 saturated carbocycles. The maximum absolute atomic E-state index is 5.93. The van der Waals surface area contributed by atoms with E-state index < -0.39 is 0 Å². The highest BCUT2D eigenvalue weighted by molar-refractivity contribution is 7.08. The van der Waals surface area contributed by atoms with Crippen LogP contribution in [0.5, 0.6) is 0 Å². The lowest BCUT2D eigenvalue weighted by molar-refractivity contribution is 0.640. The second-order valence-corrected chi connectivity index (χ2v) is 4.65. The minimum atomic E-state index is -0.0940. The molecular formula is C11H12ClN3S. The number of benzene rings is 1. The van der Waals surface area contributed by atoms with Gasteiger partial charge in [-0.25, -0.2) is 5.43 Å². The Labute approximate surface area is 103 Å². The minimum absolute atomic E-state index is 0.0940. The number of thiophene rings is 1. The zero-order valence-corrected chi connectivity index (χ0v) is 10.1. The number of anilines is 1. The maximum Gasteiger partial charge on any atom is 0.0738 e. The third-order valence-corrected chi connectivity index (χ3v) is 3.34. The van der Waals surface area contributed by atoms with E-state index in [-0.39, 0.29) is 6.04 Å². The summed E-state index contributed by atoms with van der Waals surface area (Å²) in [5, 5.41) is 4.67. The van der Waals surface area contributed by atoms with E-state index in [1.54, 1.807) is 17.4 Å². The predicted octanol–water partition coefficient (Wildman–Crippen LogP) is 2.54. The van der Waals surface area contributed by atoms with Gasteiger partial charge in [-0.1, -0.05) is 17.7 Å². The first-order valence-electron chi connectivity index (χ1n) is 4.75. The average Bonchev–Trinajstić information content (AvgIpc) is 2.75. The highest BCUT2D eigenvalue weighted by atomic mass is 35.5. The van der Waals surface area contributed by atoms with Crippen LogP contribution in [-0.4, -0.2) is 0 Å². The summed E-state index contributed by atoms with van der Waals surface area (Å²) in [6, 6.07) is 7.35. The van der Waals surface area contributed by atoms with Crippen LogP contribution in [0.4, 0.5) is 5.69 Å². The lowest BCUT2D eigenvalue weighted by atomic mass is 10.0. The van der Waals surface area contributed by atoms with E-state index in [9.17, 15) is 0 Å². The topological polar surface area (TPSA) is 64.1 Å². The number of hydrogen-bond acceptors (Lipinski definition) is 4. The number of rotatable bonds is 3. The van der Waals surface area contributed by atoms with Crippen molar-refractivity contribution >= 4 is 28.6 Å². The van der Waals surface area contributed by atoms with Crippen LogP contribution in [0.3, 0.4) is 0 Å². The zero-order chi connectivity index (χ0) is 11.5. The average molecular weight is 254 g/mol. The SMILES string of the molecule is NNC(c1ccsc1)c1ccc(Cl)cc1N. The second-order valence-electron chi connectivity index (χ2n) is 3.43. The van der Waals surface area contributed by atoms with Crippen molar-refractivity contribution in [3.8, 4) is 0 Å². The van der Waals surface area contributed by atoms with Gasteiger partial charge >= 0.3 is 0 Å². The van der Waals surface area contributed by atoms with Gasteiger partial charge in [0.25, 0.3) is 0 Å². The van der Waals surface area contributed by atoms with Crippen molar-refractivity contribution in [1.29, 1.82) is 0 Å². The third kappa shape index (κ3) is 2.20. The molecule has 1 aromatic heterocycles. The number of nitrogens with two attached hydrogens (primary N) is 2. The van der Waals surface area contributed by atoms with Crippen LogP contribution in [0.2, 0.25) is 5.02 Å². The fourth-order valence-electron chi connectivity index (χ4n) is 1.61. The Morgan fingerprint density at radius 3 is 2.69 bits per heavy atom. The van der Waals surface area contributed by atoms with Gasteiger partial charge in [0.1, 0.15) is 0 Å². The number of hydrazine groups is 1. The lowest BCUT2D eigenvalue weighted by Crippen LogP contribution is -2.29. The van der Waals surface area contributed by atoms with Gasteiger partial charge in [0.15, 0.2) is 0 Å². The van der Waals surface area contributed by atoms with Crippen LogP contribution < -0.4 is 17.0 Å². The molecular weight excluding hydrogens is 242 g/mol. The van der Waals surface area contributed by atoms with E-state index in [2.05, 4.69) is 5.43 Å². The van der Waals surface area contributed by atoms with Gasteiger partial charge in [-0.2, -0.15) is 11.3 Å². The van der Waals surface area contributed by atoms with Gasteiger partial charge in [-0.05, 0) is 40.1 Å². The molecule has 0 fully saturated rings. The van der Waals surface area contributed by atoms with Crippen LogP contribution in [0.1, 0.15) is 17.2 Å². The highest BCUT2D eigenvalue weighted by Gasteiger charge is 2.15. The summed E-state index contributed by atoms with van der Waals surface area (Å²) < 4.78 is 0. The molecule has 0 aliphatic heterocycles. The van der Waals surface area contributed by atoms with Crippen molar-refractivity contribution < 1.29 is 0 Å². The molecule has 0 bridgehead atoms. The summed E-state index contributed by atoms with van der Waals surface area (Å²) in [6.45, 7) is 0. The Hall–Kier alpha value is -1.07. The third-order valence-electron chi connectivity index (χ3n) is 2.40. The molecule has 2 rings (SSSR count). The molecule has 0 radical (unpaired) electrons. The van der Waals surface area contributed by atoms with E-state index in [1.807, 2.05) is 29.0 Å². The van der Waals surface area contributed by atoms with Crippen LogP contribution >= 0.6 is 22.9 Å². The quantitative estimate of drug-likeness (QED) is 0.448. The van der Waals surface area contributed by atoms with Gasteiger partial charge in [-0.3, -0.25) is 5.84 Å². The van der Waals surface area contributed by atoms with Crippen molar-refractivity contribution in [1.82, 2.24) is 5.43 Å². The Morgan fingerprint density at radius 1 is 1.31 bits per heavy atom. The molecule has 1 unspecified atom stereocenters. The smallest absolute Gasteiger partial charge is 0.0738 e. The Morgan fingerprint density at radius 2 is 2.12 bits per heavy atom. The van der Waals surface area contributed by atoms with E-state index in [0.717, 1.165) is 11.1 Å². The minimum Gasteiger partial charge on any atom is -0.398 e. The van der Waals surface area contributed by atoms with Crippen molar-refractivity contribution in [2.24, 2.45) is 5.84 Å². The monoisotopic (exact) mass is 253 g/mol.